The minimum atomic E-state index is 0.411. The van der Waals surface area contributed by atoms with Gasteiger partial charge >= 0.3 is 0 Å². The zero-order chi connectivity index (χ0) is 21.5. The van der Waals surface area contributed by atoms with Crippen molar-refractivity contribution in [2.75, 3.05) is 6.61 Å². The molecule has 3 aromatic carbocycles. The predicted octanol–water partition coefficient (Wildman–Crippen LogP) is 7.59. The van der Waals surface area contributed by atoms with E-state index in [1.54, 1.807) is 0 Å². The molecule has 0 N–H and O–H groups in total. The molecular weight excluding hydrogens is 624 g/mol. The van der Waals surface area contributed by atoms with Crippen molar-refractivity contribution in [2.24, 2.45) is 0 Å². The number of rotatable bonds is 7. The first-order chi connectivity index (χ1) is 14.5. The van der Waals surface area contributed by atoms with E-state index < -0.39 is 0 Å². The Morgan fingerprint density at radius 2 is 1.73 bits per heavy atom. The van der Waals surface area contributed by atoms with E-state index in [9.17, 15) is 5.26 Å². The highest BCUT2D eigenvalue weighted by Crippen LogP contribution is 2.36. The highest BCUT2D eigenvalue weighted by Gasteiger charge is 2.13. The van der Waals surface area contributed by atoms with Gasteiger partial charge in [0.15, 0.2) is 11.5 Å². The molecule has 3 nitrogen and oxygen atoms in total. The average molecular weight is 642 g/mol. The first-order valence-corrected chi connectivity index (χ1v) is 11.7. The number of benzene rings is 3. The van der Waals surface area contributed by atoms with Gasteiger partial charge in [0, 0.05) is 8.59 Å². The van der Waals surface area contributed by atoms with E-state index >= 15 is 0 Å². The summed E-state index contributed by atoms with van der Waals surface area (Å²) in [6.45, 7) is 2.86. The summed E-state index contributed by atoms with van der Waals surface area (Å²) in [6.07, 6.45) is 1.87. The number of nitriles is 1. The second kappa shape index (κ2) is 11.0. The van der Waals surface area contributed by atoms with Crippen LogP contribution in [0, 0.1) is 18.5 Å². The second-order valence-corrected chi connectivity index (χ2v) is 9.20. The molecule has 30 heavy (non-hydrogen) atoms. The molecule has 0 saturated carbocycles. The summed E-state index contributed by atoms with van der Waals surface area (Å²) in [5.74, 6) is 1.35. The van der Waals surface area contributed by atoms with E-state index in [-0.39, 0.29) is 0 Å². The van der Waals surface area contributed by atoms with Gasteiger partial charge in [0.25, 0.3) is 0 Å². The minimum absolute atomic E-state index is 0.411. The Morgan fingerprint density at radius 1 is 1.03 bits per heavy atom. The van der Waals surface area contributed by atoms with Gasteiger partial charge in [-0.2, -0.15) is 5.26 Å². The molecule has 0 radical (unpaired) electrons. The van der Waals surface area contributed by atoms with Crippen LogP contribution in [0.3, 0.4) is 0 Å². The molecule has 3 aromatic rings. The average Bonchev–Trinajstić information content (AvgIpc) is 2.73. The molecule has 0 aliphatic rings. The van der Waals surface area contributed by atoms with Crippen LogP contribution in [-0.2, 0) is 6.61 Å². The molecule has 0 amide bonds. The number of halogens is 3. The lowest BCUT2D eigenvalue weighted by atomic mass is 10.0. The summed E-state index contributed by atoms with van der Waals surface area (Å²) in [5, 5.41) is 10.3. The maximum absolute atomic E-state index is 9.65. The van der Waals surface area contributed by atoms with Gasteiger partial charge < -0.3 is 9.47 Å². The molecule has 0 aliphatic heterocycles. The van der Waals surface area contributed by atoms with E-state index in [2.05, 4.69) is 51.3 Å². The standard InChI is InChI=1S/C24H18ClI2NO2/c1-2-29-23-13-17(11-19(14-28)18-5-9-21(26)10-6-18)12-22(27)24(23)30-15-16-3-7-20(25)8-4-16/h3-13H,2,15H2,1H3/b19-11-. The van der Waals surface area contributed by atoms with Gasteiger partial charge in [-0.1, -0.05) is 35.9 Å². The van der Waals surface area contributed by atoms with Gasteiger partial charge in [0.2, 0.25) is 0 Å². The normalized spacial score (nSPS) is 11.1. The van der Waals surface area contributed by atoms with Gasteiger partial charge in [-0.05, 0) is 111 Å². The Morgan fingerprint density at radius 3 is 2.37 bits per heavy atom. The maximum Gasteiger partial charge on any atom is 0.175 e. The van der Waals surface area contributed by atoms with Crippen molar-refractivity contribution in [1.29, 1.82) is 5.26 Å². The van der Waals surface area contributed by atoms with E-state index in [4.69, 9.17) is 21.1 Å². The molecule has 6 heteroatoms. The summed E-state index contributed by atoms with van der Waals surface area (Å²) in [5.41, 5.74) is 3.39. The smallest absolute Gasteiger partial charge is 0.175 e. The molecule has 0 bridgehead atoms. The molecule has 0 aliphatic carbocycles. The first kappa shape index (κ1) is 22.9. The van der Waals surface area contributed by atoms with Gasteiger partial charge in [-0.25, -0.2) is 0 Å². The van der Waals surface area contributed by atoms with Crippen LogP contribution in [0.2, 0.25) is 5.02 Å². The summed E-state index contributed by atoms with van der Waals surface area (Å²) < 4.78 is 14.0. The Balaban J connectivity index is 1.90. The highest BCUT2D eigenvalue weighted by molar-refractivity contribution is 14.1. The van der Waals surface area contributed by atoms with E-state index in [0.717, 1.165) is 23.8 Å². The monoisotopic (exact) mass is 641 g/mol. The lowest BCUT2D eigenvalue weighted by Gasteiger charge is -2.15. The SMILES string of the molecule is CCOc1cc(/C=C(/C#N)c2ccc(I)cc2)cc(I)c1OCc1ccc(Cl)cc1. The van der Waals surface area contributed by atoms with Crippen molar-refractivity contribution in [3.8, 4) is 17.6 Å². The fourth-order valence-corrected chi connectivity index (χ4v) is 4.05. The topological polar surface area (TPSA) is 42.2 Å². The van der Waals surface area contributed by atoms with Crippen molar-refractivity contribution in [3.63, 3.8) is 0 Å². The molecule has 0 saturated heterocycles. The largest absolute Gasteiger partial charge is 0.490 e. The van der Waals surface area contributed by atoms with Crippen LogP contribution in [-0.4, -0.2) is 6.61 Å². The quantitative estimate of drug-likeness (QED) is 0.152. The third-order valence-corrected chi connectivity index (χ3v) is 5.99. The van der Waals surface area contributed by atoms with Crippen molar-refractivity contribution in [2.45, 2.75) is 13.5 Å². The maximum atomic E-state index is 9.65. The lowest BCUT2D eigenvalue weighted by Crippen LogP contribution is -2.02. The van der Waals surface area contributed by atoms with Crippen molar-refractivity contribution in [1.82, 2.24) is 0 Å². The highest BCUT2D eigenvalue weighted by atomic mass is 127. The van der Waals surface area contributed by atoms with Crippen LogP contribution in [0.25, 0.3) is 11.6 Å². The van der Waals surface area contributed by atoms with Crippen LogP contribution in [0.4, 0.5) is 0 Å². The van der Waals surface area contributed by atoms with Crippen molar-refractivity contribution in [3.05, 3.63) is 89.5 Å². The third kappa shape index (κ3) is 6.13. The van der Waals surface area contributed by atoms with Crippen LogP contribution < -0.4 is 9.47 Å². The van der Waals surface area contributed by atoms with Gasteiger partial charge in [0.05, 0.1) is 21.8 Å². The van der Waals surface area contributed by atoms with Gasteiger partial charge in [0.1, 0.15) is 6.61 Å². The Kier molecular flexibility index (Phi) is 8.42. The minimum Gasteiger partial charge on any atom is -0.490 e. The molecule has 0 spiro atoms. The molecule has 152 valence electrons. The van der Waals surface area contributed by atoms with E-state index in [1.165, 1.54) is 0 Å². The van der Waals surface area contributed by atoms with Crippen molar-refractivity contribution >= 4 is 68.4 Å². The molecule has 0 heterocycles. The second-order valence-electron chi connectivity index (χ2n) is 6.35. The fraction of sp³-hybridized carbons (Fsp3) is 0.125. The summed E-state index contributed by atoms with van der Waals surface area (Å²) >= 11 is 10.4. The lowest BCUT2D eigenvalue weighted by molar-refractivity contribution is 0.267. The Labute approximate surface area is 208 Å². The Hall–Kier alpha value is -1.76. The van der Waals surface area contributed by atoms with Gasteiger partial charge in [-0.15, -0.1) is 0 Å². The number of hydrogen-bond acceptors (Lipinski definition) is 3. The zero-order valence-corrected chi connectivity index (χ0v) is 21.2. The molecule has 0 atom stereocenters. The number of hydrogen-bond donors (Lipinski definition) is 0. The third-order valence-electron chi connectivity index (χ3n) is 4.21. The predicted molar refractivity (Wildman–Crippen MR) is 139 cm³/mol. The number of nitrogens with zero attached hydrogens (tertiary/aromatic N) is 1. The molecule has 0 fully saturated rings. The molecular formula is C24H18ClI2NO2. The zero-order valence-electron chi connectivity index (χ0n) is 16.2. The van der Waals surface area contributed by atoms with Crippen LogP contribution in [0.5, 0.6) is 11.5 Å². The molecule has 3 rings (SSSR count). The summed E-state index contributed by atoms with van der Waals surface area (Å²) in [7, 11) is 0. The number of ether oxygens (including phenoxy) is 2. The number of allylic oxidation sites excluding steroid dienone is 1. The van der Waals surface area contributed by atoms with E-state index in [0.29, 0.717) is 35.3 Å². The summed E-state index contributed by atoms with van der Waals surface area (Å²) in [4.78, 5) is 0. The van der Waals surface area contributed by atoms with Gasteiger partial charge in [-0.3, -0.25) is 0 Å². The van der Waals surface area contributed by atoms with E-state index in [1.807, 2.05) is 73.7 Å². The van der Waals surface area contributed by atoms with Crippen LogP contribution in [0.1, 0.15) is 23.6 Å². The van der Waals surface area contributed by atoms with Crippen molar-refractivity contribution < 1.29 is 9.47 Å². The molecule has 0 unspecified atom stereocenters. The first-order valence-electron chi connectivity index (χ1n) is 9.21. The van der Waals surface area contributed by atoms with Crippen LogP contribution >= 0.6 is 56.8 Å². The Bertz CT molecular complexity index is 1090. The summed E-state index contributed by atoms with van der Waals surface area (Å²) in [6, 6.07) is 21.6. The fourth-order valence-electron chi connectivity index (χ4n) is 2.79. The molecule has 0 aromatic heterocycles. The van der Waals surface area contributed by atoms with Crippen LogP contribution in [0.15, 0.2) is 60.7 Å².